The number of benzene rings is 2. The van der Waals surface area contributed by atoms with E-state index in [-0.39, 0.29) is 17.2 Å². The molecule has 0 saturated heterocycles. The van der Waals surface area contributed by atoms with E-state index >= 15 is 0 Å². The van der Waals surface area contributed by atoms with Gasteiger partial charge in [0, 0.05) is 11.3 Å². The van der Waals surface area contributed by atoms with Gasteiger partial charge in [-0.05, 0) is 55.8 Å². The zero-order valence-corrected chi connectivity index (χ0v) is 12.7. The van der Waals surface area contributed by atoms with Crippen LogP contribution >= 0.6 is 0 Å². The molecule has 2 aromatic rings. The molecule has 0 radical (unpaired) electrons. The molecule has 0 aliphatic rings. The molecule has 0 aliphatic carbocycles. The van der Waals surface area contributed by atoms with Crippen LogP contribution < -0.4 is 10.6 Å². The van der Waals surface area contributed by atoms with Crippen molar-refractivity contribution in [2.24, 2.45) is 0 Å². The van der Waals surface area contributed by atoms with Gasteiger partial charge in [-0.15, -0.1) is 0 Å². The number of anilines is 2. The number of Topliss-reactive ketones (excluding diaryl/α,β-unsaturated/α-hetero) is 1. The Balaban J connectivity index is 2.03. The highest BCUT2D eigenvalue weighted by atomic mass is 16.3. The highest BCUT2D eigenvalue weighted by Crippen LogP contribution is 2.23. The highest BCUT2D eigenvalue weighted by molar-refractivity contribution is 6.43. The fourth-order valence-electron chi connectivity index (χ4n) is 1.91. The van der Waals surface area contributed by atoms with Gasteiger partial charge in [0.2, 0.25) is 0 Å². The molecule has 23 heavy (non-hydrogen) atoms. The third kappa shape index (κ3) is 4.16. The first kappa shape index (κ1) is 16.2. The molecule has 0 saturated carbocycles. The van der Waals surface area contributed by atoms with E-state index in [0.717, 1.165) is 5.56 Å². The Morgan fingerprint density at radius 3 is 2.13 bits per heavy atom. The first-order chi connectivity index (χ1) is 10.9. The minimum atomic E-state index is -0.901. The van der Waals surface area contributed by atoms with Crippen molar-refractivity contribution in [3.8, 4) is 5.75 Å². The number of aryl methyl sites for hydroxylation is 1. The van der Waals surface area contributed by atoms with E-state index in [1.165, 1.54) is 25.1 Å². The van der Waals surface area contributed by atoms with Crippen LogP contribution in [-0.4, -0.2) is 22.7 Å². The number of carbonyl (C=O) groups is 3. The number of carbonyl (C=O) groups excluding carboxylic acids is 3. The van der Waals surface area contributed by atoms with Gasteiger partial charge in [-0.25, -0.2) is 0 Å². The first-order valence-electron chi connectivity index (χ1n) is 6.90. The molecule has 0 aliphatic heterocycles. The van der Waals surface area contributed by atoms with Crippen LogP contribution in [0.15, 0.2) is 42.5 Å². The molecule has 3 N–H and O–H groups in total. The molecule has 0 aromatic heterocycles. The molecular formula is C17H16N2O4. The molecule has 0 fully saturated rings. The van der Waals surface area contributed by atoms with Gasteiger partial charge < -0.3 is 15.7 Å². The van der Waals surface area contributed by atoms with Crippen LogP contribution in [-0.2, 0) is 9.59 Å². The van der Waals surface area contributed by atoms with Crippen molar-refractivity contribution in [2.45, 2.75) is 13.8 Å². The zero-order valence-electron chi connectivity index (χ0n) is 12.7. The van der Waals surface area contributed by atoms with Crippen LogP contribution in [0, 0.1) is 6.92 Å². The largest absolute Gasteiger partial charge is 0.506 e. The second kappa shape index (κ2) is 6.74. The molecule has 0 heterocycles. The van der Waals surface area contributed by atoms with Crippen molar-refractivity contribution in [3.05, 3.63) is 53.6 Å². The lowest BCUT2D eigenvalue weighted by atomic mass is 10.1. The van der Waals surface area contributed by atoms with Gasteiger partial charge in [-0.2, -0.15) is 0 Å². The van der Waals surface area contributed by atoms with Crippen molar-refractivity contribution >= 4 is 29.0 Å². The van der Waals surface area contributed by atoms with Crippen LogP contribution in [0.3, 0.4) is 0 Å². The van der Waals surface area contributed by atoms with Crippen LogP contribution in [0.5, 0.6) is 5.75 Å². The lowest BCUT2D eigenvalue weighted by Gasteiger charge is -2.09. The third-order valence-corrected chi connectivity index (χ3v) is 3.16. The van der Waals surface area contributed by atoms with Crippen molar-refractivity contribution in [1.82, 2.24) is 0 Å². The van der Waals surface area contributed by atoms with Crippen LogP contribution in [0.2, 0.25) is 0 Å². The molecule has 0 bridgehead atoms. The topological polar surface area (TPSA) is 95.5 Å². The average molecular weight is 312 g/mol. The van der Waals surface area contributed by atoms with Gasteiger partial charge in [0.25, 0.3) is 0 Å². The molecule has 6 heteroatoms. The minimum absolute atomic E-state index is 0.0875. The molecule has 0 spiro atoms. The number of phenolic OH excluding ortho intramolecular Hbond substituents is 1. The predicted molar refractivity (Wildman–Crippen MR) is 86.5 cm³/mol. The van der Waals surface area contributed by atoms with E-state index in [1.54, 1.807) is 31.2 Å². The number of ketones is 1. The van der Waals surface area contributed by atoms with Gasteiger partial charge in [-0.3, -0.25) is 14.4 Å². The zero-order chi connectivity index (χ0) is 17.0. The molecular weight excluding hydrogens is 296 g/mol. The Labute approximate surface area is 133 Å². The molecule has 2 amide bonds. The monoisotopic (exact) mass is 312 g/mol. The van der Waals surface area contributed by atoms with Crippen LogP contribution in [0.25, 0.3) is 0 Å². The highest BCUT2D eigenvalue weighted by Gasteiger charge is 2.16. The van der Waals surface area contributed by atoms with E-state index in [4.69, 9.17) is 0 Å². The molecule has 2 aromatic carbocycles. The van der Waals surface area contributed by atoms with E-state index < -0.39 is 11.8 Å². The van der Waals surface area contributed by atoms with Crippen LogP contribution in [0.4, 0.5) is 11.4 Å². The van der Waals surface area contributed by atoms with Gasteiger partial charge in [-0.1, -0.05) is 6.07 Å². The Bertz CT molecular complexity index is 767. The number of hydrogen-bond acceptors (Lipinski definition) is 4. The lowest BCUT2D eigenvalue weighted by Crippen LogP contribution is -2.29. The van der Waals surface area contributed by atoms with Crippen LogP contribution in [0.1, 0.15) is 22.8 Å². The second-order valence-electron chi connectivity index (χ2n) is 5.06. The maximum Gasteiger partial charge on any atom is 0.314 e. The standard InChI is InChI=1S/C17H16N2O4/c1-10-3-8-15(21)14(9-10)19-17(23)16(22)18-13-6-4-12(5-7-13)11(2)20/h3-9,21H,1-2H3,(H,18,22)(H,19,23). The van der Waals surface area contributed by atoms with E-state index in [2.05, 4.69) is 10.6 Å². The summed E-state index contributed by atoms with van der Waals surface area (Å²) < 4.78 is 0. The number of amides is 2. The van der Waals surface area contributed by atoms with Crippen molar-refractivity contribution in [2.75, 3.05) is 10.6 Å². The maximum atomic E-state index is 11.9. The first-order valence-corrected chi connectivity index (χ1v) is 6.90. The number of rotatable bonds is 3. The Morgan fingerprint density at radius 2 is 1.52 bits per heavy atom. The Hall–Kier alpha value is -3.15. The van der Waals surface area contributed by atoms with Crippen molar-refractivity contribution in [1.29, 1.82) is 0 Å². The van der Waals surface area contributed by atoms with Gasteiger partial charge >= 0.3 is 11.8 Å². The van der Waals surface area contributed by atoms with Gasteiger partial charge in [0.1, 0.15) is 5.75 Å². The Kier molecular flexibility index (Phi) is 4.75. The second-order valence-corrected chi connectivity index (χ2v) is 5.06. The summed E-state index contributed by atoms with van der Waals surface area (Å²) in [5.41, 5.74) is 1.90. The minimum Gasteiger partial charge on any atom is -0.506 e. The molecule has 118 valence electrons. The van der Waals surface area contributed by atoms with Crippen molar-refractivity contribution < 1.29 is 19.5 Å². The smallest absolute Gasteiger partial charge is 0.314 e. The number of hydrogen-bond donors (Lipinski definition) is 3. The Morgan fingerprint density at radius 1 is 0.913 bits per heavy atom. The summed E-state index contributed by atoms with van der Waals surface area (Å²) in [6.45, 7) is 3.24. The quantitative estimate of drug-likeness (QED) is 0.461. The van der Waals surface area contributed by atoms with E-state index in [1.807, 2.05) is 0 Å². The fourth-order valence-corrected chi connectivity index (χ4v) is 1.91. The average Bonchev–Trinajstić information content (AvgIpc) is 2.51. The summed E-state index contributed by atoms with van der Waals surface area (Å²) in [5.74, 6) is -1.99. The van der Waals surface area contributed by atoms with E-state index in [0.29, 0.717) is 11.3 Å². The maximum absolute atomic E-state index is 11.9. The summed E-state index contributed by atoms with van der Waals surface area (Å²) in [4.78, 5) is 34.9. The summed E-state index contributed by atoms with van der Waals surface area (Å²) in [6.07, 6.45) is 0. The summed E-state index contributed by atoms with van der Waals surface area (Å²) >= 11 is 0. The summed E-state index contributed by atoms with van der Waals surface area (Å²) in [6, 6.07) is 10.9. The number of aromatic hydroxyl groups is 1. The summed E-state index contributed by atoms with van der Waals surface area (Å²) in [7, 11) is 0. The lowest BCUT2D eigenvalue weighted by molar-refractivity contribution is -0.133. The molecule has 0 unspecified atom stereocenters. The van der Waals surface area contributed by atoms with E-state index in [9.17, 15) is 19.5 Å². The fraction of sp³-hybridized carbons (Fsp3) is 0.118. The third-order valence-electron chi connectivity index (χ3n) is 3.16. The molecule has 6 nitrogen and oxygen atoms in total. The number of phenols is 1. The normalized spacial score (nSPS) is 10.0. The SMILES string of the molecule is CC(=O)c1ccc(NC(=O)C(=O)Nc2cc(C)ccc2O)cc1. The molecule has 2 rings (SSSR count). The van der Waals surface area contributed by atoms with Gasteiger partial charge in [0.05, 0.1) is 5.69 Å². The molecule has 0 atom stereocenters. The predicted octanol–water partition coefficient (Wildman–Crippen LogP) is 2.48. The summed E-state index contributed by atoms with van der Waals surface area (Å²) in [5, 5.41) is 14.4. The number of nitrogens with one attached hydrogen (secondary N) is 2. The van der Waals surface area contributed by atoms with Gasteiger partial charge in [0.15, 0.2) is 5.78 Å². The van der Waals surface area contributed by atoms with Crippen molar-refractivity contribution in [3.63, 3.8) is 0 Å².